The lowest BCUT2D eigenvalue weighted by atomic mass is 10.1. The van der Waals surface area contributed by atoms with E-state index in [0.29, 0.717) is 17.8 Å². The second kappa shape index (κ2) is 6.84. The molecule has 2 heterocycles. The molecule has 1 atom stereocenters. The molecule has 1 aromatic carbocycles. The minimum absolute atomic E-state index is 0.0363. The second-order valence-corrected chi connectivity index (χ2v) is 8.57. The normalized spacial score (nSPS) is 18.7. The first-order valence-electron chi connectivity index (χ1n) is 8.12. The van der Waals surface area contributed by atoms with Gasteiger partial charge in [0.05, 0.1) is 11.5 Å². The summed E-state index contributed by atoms with van der Waals surface area (Å²) >= 11 is 0. The first-order chi connectivity index (χ1) is 11.9. The Kier molecular flexibility index (Phi) is 4.76. The first-order valence-corrected chi connectivity index (χ1v) is 9.94. The van der Waals surface area contributed by atoms with Crippen molar-refractivity contribution < 1.29 is 13.2 Å². The van der Waals surface area contributed by atoms with Gasteiger partial charge in [-0.05, 0) is 37.1 Å². The number of amides is 1. The Labute approximate surface area is 147 Å². The van der Waals surface area contributed by atoms with Gasteiger partial charge in [0.2, 0.25) is 0 Å². The Hall–Kier alpha value is -2.41. The third-order valence-corrected chi connectivity index (χ3v) is 6.24. The lowest BCUT2D eigenvalue weighted by Crippen LogP contribution is -2.37. The molecule has 0 aliphatic carbocycles. The van der Waals surface area contributed by atoms with Crippen LogP contribution in [0.15, 0.2) is 42.6 Å². The van der Waals surface area contributed by atoms with Crippen molar-refractivity contribution in [1.82, 2.24) is 9.88 Å². The van der Waals surface area contributed by atoms with Gasteiger partial charge in [0.15, 0.2) is 9.84 Å². The summed E-state index contributed by atoms with van der Waals surface area (Å²) in [4.78, 5) is 18.5. The van der Waals surface area contributed by atoms with Crippen LogP contribution in [0.25, 0.3) is 0 Å². The highest BCUT2D eigenvalue weighted by atomic mass is 32.2. The van der Waals surface area contributed by atoms with E-state index >= 15 is 0 Å². The molecular weight excluding hydrogens is 338 g/mol. The van der Waals surface area contributed by atoms with Crippen LogP contribution >= 0.6 is 0 Å². The van der Waals surface area contributed by atoms with E-state index in [9.17, 15) is 13.2 Å². The second-order valence-electron chi connectivity index (χ2n) is 6.34. The number of sulfone groups is 1. The molecule has 1 saturated heterocycles. The number of hydrogen-bond acceptors (Lipinski definition) is 5. The monoisotopic (exact) mass is 359 g/mol. The Morgan fingerprint density at radius 1 is 1.28 bits per heavy atom. The predicted molar refractivity (Wildman–Crippen MR) is 97.9 cm³/mol. The molecule has 25 heavy (non-hydrogen) atoms. The Morgan fingerprint density at radius 2 is 2.04 bits per heavy atom. The molecule has 1 amide bonds. The lowest BCUT2D eigenvalue weighted by molar-refractivity contribution is 0.0747. The number of carbonyl (C=O) groups is 1. The summed E-state index contributed by atoms with van der Waals surface area (Å²) in [5.74, 6) is 0.560. The van der Waals surface area contributed by atoms with Crippen molar-refractivity contribution in [2.75, 3.05) is 23.9 Å². The molecule has 1 N–H and O–H groups in total. The van der Waals surface area contributed by atoms with Gasteiger partial charge < -0.3 is 10.2 Å². The highest BCUT2D eigenvalue weighted by Crippen LogP contribution is 2.21. The number of pyridine rings is 1. The van der Waals surface area contributed by atoms with Crippen LogP contribution in [-0.4, -0.2) is 48.8 Å². The molecule has 1 unspecified atom stereocenters. The molecule has 132 valence electrons. The molecular formula is C18H21N3O3S. The smallest absolute Gasteiger partial charge is 0.254 e. The summed E-state index contributed by atoms with van der Waals surface area (Å²) in [5, 5.41) is 3.21. The molecule has 2 aromatic rings. The maximum absolute atomic E-state index is 12.7. The quantitative estimate of drug-likeness (QED) is 0.907. The largest absolute Gasteiger partial charge is 0.340 e. The summed E-state index contributed by atoms with van der Waals surface area (Å²) in [6.07, 6.45) is 2.07. The maximum Gasteiger partial charge on any atom is 0.254 e. The fraction of sp³-hybridized carbons (Fsp3) is 0.333. The van der Waals surface area contributed by atoms with Crippen LogP contribution < -0.4 is 5.32 Å². The van der Waals surface area contributed by atoms with Crippen molar-refractivity contribution in [3.63, 3.8) is 0 Å². The molecule has 0 spiro atoms. The van der Waals surface area contributed by atoms with Crippen molar-refractivity contribution in [2.24, 2.45) is 0 Å². The minimum Gasteiger partial charge on any atom is -0.340 e. The molecule has 0 radical (unpaired) electrons. The summed E-state index contributed by atoms with van der Waals surface area (Å²) in [5.41, 5.74) is 2.49. The standard InChI is InChI=1S/C18H21N3O3S/c1-13-5-3-4-6-16(13)20-17-11-14(7-9-19-17)18(22)21(2)15-8-10-25(23,24)12-15/h3-7,9,11,15H,8,10,12H2,1-2H3,(H,19,20). The third kappa shape index (κ3) is 3.99. The Bertz CT molecular complexity index is 896. The molecule has 6 nitrogen and oxygen atoms in total. The van der Waals surface area contributed by atoms with Crippen LogP contribution in [0.5, 0.6) is 0 Å². The maximum atomic E-state index is 12.7. The zero-order valence-corrected chi connectivity index (χ0v) is 15.1. The summed E-state index contributed by atoms with van der Waals surface area (Å²) < 4.78 is 23.3. The van der Waals surface area contributed by atoms with E-state index in [4.69, 9.17) is 0 Å². The van der Waals surface area contributed by atoms with Crippen molar-refractivity contribution in [3.8, 4) is 0 Å². The average molecular weight is 359 g/mol. The Balaban J connectivity index is 1.77. The van der Waals surface area contributed by atoms with E-state index in [0.717, 1.165) is 11.3 Å². The van der Waals surface area contributed by atoms with Crippen LogP contribution in [-0.2, 0) is 9.84 Å². The zero-order chi connectivity index (χ0) is 18.0. The number of nitrogens with one attached hydrogen (secondary N) is 1. The highest BCUT2D eigenvalue weighted by molar-refractivity contribution is 7.91. The number of anilines is 2. The van der Waals surface area contributed by atoms with Gasteiger partial charge in [0.25, 0.3) is 5.91 Å². The molecule has 0 bridgehead atoms. The highest BCUT2D eigenvalue weighted by Gasteiger charge is 2.33. The number of para-hydroxylation sites is 1. The number of aryl methyl sites for hydroxylation is 1. The Morgan fingerprint density at radius 3 is 2.72 bits per heavy atom. The van der Waals surface area contributed by atoms with E-state index in [-0.39, 0.29) is 23.5 Å². The number of benzene rings is 1. The predicted octanol–water partition coefficient (Wildman–Crippen LogP) is 2.39. The van der Waals surface area contributed by atoms with Gasteiger partial charge in [-0.15, -0.1) is 0 Å². The molecule has 1 aliphatic rings. The number of hydrogen-bond donors (Lipinski definition) is 1. The van der Waals surface area contributed by atoms with E-state index in [1.165, 1.54) is 4.90 Å². The third-order valence-electron chi connectivity index (χ3n) is 4.49. The van der Waals surface area contributed by atoms with Crippen molar-refractivity contribution in [3.05, 3.63) is 53.7 Å². The molecule has 1 fully saturated rings. The van der Waals surface area contributed by atoms with Gasteiger partial charge >= 0.3 is 0 Å². The number of aromatic nitrogens is 1. The van der Waals surface area contributed by atoms with E-state index < -0.39 is 9.84 Å². The van der Waals surface area contributed by atoms with Gasteiger partial charge in [-0.2, -0.15) is 0 Å². The van der Waals surface area contributed by atoms with Gasteiger partial charge in [0.1, 0.15) is 5.82 Å². The van der Waals surface area contributed by atoms with Crippen molar-refractivity contribution in [2.45, 2.75) is 19.4 Å². The minimum atomic E-state index is -3.03. The first kappa shape index (κ1) is 17.4. The molecule has 1 aliphatic heterocycles. The van der Waals surface area contributed by atoms with Gasteiger partial charge in [-0.25, -0.2) is 13.4 Å². The van der Waals surface area contributed by atoms with Crippen LogP contribution in [0.4, 0.5) is 11.5 Å². The van der Waals surface area contributed by atoms with Crippen LogP contribution in [0.2, 0.25) is 0 Å². The van der Waals surface area contributed by atoms with Crippen LogP contribution in [0.3, 0.4) is 0 Å². The lowest BCUT2D eigenvalue weighted by Gasteiger charge is -2.23. The molecule has 7 heteroatoms. The fourth-order valence-electron chi connectivity index (χ4n) is 2.93. The van der Waals surface area contributed by atoms with Crippen molar-refractivity contribution >= 4 is 27.2 Å². The van der Waals surface area contributed by atoms with Gasteiger partial charge in [0, 0.05) is 30.5 Å². The topological polar surface area (TPSA) is 79.4 Å². The van der Waals surface area contributed by atoms with Gasteiger partial charge in [-0.3, -0.25) is 4.79 Å². The molecule has 1 aromatic heterocycles. The van der Waals surface area contributed by atoms with E-state index in [2.05, 4.69) is 10.3 Å². The fourth-order valence-corrected chi connectivity index (χ4v) is 4.71. The number of carbonyl (C=O) groups excluding carboxylic acids is 1. The molecule has 3 rings (SSSR count). The van der Waals surface area contributed by atoms with Crippen LogP contribution in [0.1, 0.15) is 22.3 Å². The summed E-state index contributed by atoms with van der Waals surface area (Å²) in [6.45, 7) is 1.99. The molecule has 0 saturated carbocycles. The SMILES string of the molecule is Cc1ccccc1Nc1cc(C(=O)N(C)C2CCS(=O)(=O)C2)ccn1. The summed E-state index contributed by atoms with van der Waals surface area (Å²) in [7, 11) is -1.37. The van der Waals surface area contributed by atoms with Crippen molar-refractivity contribution in [1.29, 1.82) is 0 Å². The van der Waals surface area contributed by atoms with E-state index in [1.807, 2.05) is 31.2 Å². The van der Waals surface area contributed by atoms with Crippen LogP contribution in [0, 0.1) is 6.92 Å². The van der Waals surface area contributed by atoms with E-state index in [1.54, 1.807) is 25.4 Å². The zero-order valence-electron chi connectivity index (χ0n) is 14.3. The summed E-state index contributed by atoms with van der Waals surface area (Å²) in [6, 6.07) is 10.9. The number of nitrogens with zero attached hydrogens (tertiary/aromatic N) is 2. The van der Waals surface area contributed by atoms with Gasteiger partial charge in [-0.1, -0.05) is 18.2 Å². The number of rotatable bonds is 4. The average Bonchev–Trinajstić information content (AvgIpc) is 2.96.